The number of carbonyl (C=O) groups excluding carboxylic acids is 1. The average Bonchev–Trinajstić information content (AvgIpc) is 2.81. The van der Waals surface area contributed by atoms with E-state index in [1.54, 1.807) is 0 Å². The van der Waals surface area contributed by atoms with E-state index in [1.807, 2.05) is 0 Å². The number of sulfonamides is 1. The number of ether oxygens (including phenoxy) is 1. The molecule has 2 aliphatic rings. The molecule has 6 nitrogen and oxygen atoms in total. The van der Waals surface area contributed by atoms with Crippen LogP contribution in [0.15, 0.2) is 0 Å². The van der Waals surface area contributed by atoms with Crippen molar-refractivity contribution in [2.75, 3.05) is 26.7 Å². The van der Waals surface area contributed by atoms with Gasteiger partial charge in [-0.15, -0.1) is 0 Å². The monoisotopic (exact) mass is 276 g/mol. The normalized spacial score (nSPS) is 30.8. The number of nitrogens with one attached hydrogen (secondary N) is 1. The molecule has 1 unspecified atom stereocenters. The number of nitrogens with zero attached hydrogens (tertiary/aromatic N) is 1. The van der Waals surface area contributed by atoms with Gasteiger partial charge in [-0.2, -0.15) is 4.31 Å². The first-order valence-corrected chi connectivity index (χ1v) is 7.77. The molecule has 0 aliphatic carbocycles. The van der Waals surface area contributed by atoms with Gasteiger partial charge in [-0.1, -0.05) is 0 Å². The van der Waals surface area contributed by atoms with Crippen LogP contribution in [0.25, 0.3) is 0 Å². The van der Waals surface area contributed by atoms with Crippen LogP contribution in [0.4, 0.5) is 0 Å². The zero-order chi connectivity index (χ0) is 13.3. The van der Waals surface area contributed by atoms with Gasteiger partial charge in [-0.25, -0.2) is 8.42 Å². The Bertz CT molecular complexity index is 409. The number of carbonyl (C=O) groups is 1. The Balaban J connectivity index is 2.10. The van der Waals surface area contributed by atoms with Crippen molar-refractivity contribution in [1.82, 2.24) is 9.62 Å². The molecule has 0 bridgehead atoms. The van der Waals surface area contributed by atoms with Gasteiger partial charge in [-0.05, 0) is 32.2 Å². The first-order valence-electron chi connectivity index (χ1n) is 6.27. The lowest BCUT2D eigenvalue weighted by atomic mass is 9.94. The zero-order valence-electron chi connectivity index (χ0n) is 10.8. The van der Waals surface area contributed by atoms with E-state index in [0.717, 1.165) is 19.4 Å². The highest BCUT2D eigenvalue weighted by atomic mass is 32.2. The summed E-state index contributed by atoms with van der Waals surface area (Å²) in [5, 5.41) is 2.22. The van der Waals surface area contributed by atoms with Crippen LogP contribution in [0.1, 0.15) is 19.8 Å². The molecule has 2 aliphatic heterocycles. The molecule has 2 fully saturated rings. The summed E-state index contributed by atoms with van der Waals surface area (Å²) >= 11 is 0. The van der Waals surface area contributed by atoms with Crippen molar-refractivity contribution >= 4 is 16.0 Å². The van der Waals surface area contributed by atoms with Crippen LogP contribution in [-0.4, -0.2) is 56.7 Å². The Kier molecular flexibility index (Phi) is 3.93. The van der Waals surface area contributed by atoms with Crippen LogP contribution < -0.4 is 5.32 Å². The van der Waals surface area contributed by atoms with Crippen molar-refractivity contribution in [3.8, 4) is 0 Å². The van der Waals surface area contributed by atoms with Crippen molar-refractivity contribution in [2.45, 2.75) is 31.1 Å². The predicted octanol–water partition coefficient (Wildman–Crippen LogP) is -0.438. The van der Waals surface area contributed by atoms with Gasteiger partial charge in [0.25, 0.3) is 0 Å². The van der Waals surface area contributed by atoms with Crippen LogP contribution >= 0.6 is 0 Å². The molecule has 0 aromatic carbocycles. The second-order valence-electron chi connectivity index (χ2n) is 4.99. The van der Waals surface area contributed by atoms with E-state index in [1.165, 1.54) is 18.3 Å². The molecule has 1 N–H and O–H groups in total. The molecule has 104 valence electrons. The summed E-state index contributed by atoms with van der Waals surface area (Å²) in [6.07, 6.45) is 2.14. The quantitative estimate of drug-likeness (QED) is 0.707. The summed E-state index contributed by atoms with van der Waals surface area (Å²) in [5.74, 6) is -0.323. The molecule has 2 heterocycles. The van der Waals surface area contributed by atoms with Crippen LogP contribution in [0, 0.1) is 5.92 Å². The average molecular weight is 276 g/mol. The second kappa shape index (κ2) is 5.14. The largest absolute Gasteiger partial charge is 0.468 e. The molecule has 2 saturated heterocycles. The van der Waals surface area contributed by atoms with Crippen molar-refractivity contribution < 1.29 is 17.9 Å². The van der Waals surface area contributed by atoms with Crippen LogP contribution in [0.2, 0.25) is 0 Å². The van der Waals surface area contributed by atoms with E-state index in [0.29, 0.717) is 19.0 Å². The summed E-state index contributed by atoms with van der Waals surface area (Å²) in [6, 6.07) is 0.235. The number of methoxy groups -OCH3 is 1. The highest BCUT2D eigenvalue weighted by Crippen LogP contribution is 2.28. The maximum atomic E-state index is 12.3. The van der Waals surface area contributed by atoms with Gasteiger partial charge in [0.15, 0.2) is 5.25 Å². The molecule has 18 heavy (non-hydrogen) atoms. The number of fused-ring (bicyclic) bond motifs is 1. The van der Waals surface area contributed by atoms with Gasteiger partial charge < -0.3 is 10.1 Å². The van der Waals surface area contributed by atoms with E-state index in [-0.39, 0.29) is 6.04 Å². The van der Waals surface area contributed by atoms with Gasteiger partial charge in [-0.3, -0.25) is 4.79 Å². The van der Waals surface area contributed by atoms with Crippen LogP contribution in [0.3, 0.4) is 0 Å². The lowest BCUT2D eigenvalue weighted by Gasteiger charge is -2.24. The minimum absolute atomic E-state index is 0.235. The first-order chi connectivity index (χ1) is 8.46. The molecule has 7 heteroatoms. The fourth-order valence-corrected chi connectivity index (χ4v) is 4.28. The van der Waals surface area contributed by atoms with Gasteiger partial charge in [0.2, 0.25) is 10.0 Å². The number of piperidine rings is 1. The minimum Gasteiger partial charge on any atom is -0.468 e. The third-order valence-corrected chi connectivity index (χ3v) is 6.01. The van der Waals surface area contributed by atoms with E-state index < -0.39 is 21.2 Å². The van der Waals surface area contributed by atoms with E-state index in [4.69, 9.17) is 0 Å². The van der Waals surface area contributed by atoms with Gasteiger partial charge in [0.1, 0.15) is 0 Å². The SMILES string of the molecule is COC(=O)C(C)S(=O)(=O)N1C[C@@H]2CCCN[C@@H]2C1. The molecule has 0 aromatic rings. The highest BCUT2D eigenvalue weighted by molar-refractivity contribution is 7.90. The van der Waals surface area contributed by atoms with Crippen molar-refractivity contribution in [2.24, 2.45) is 5.92 Å². The molecule has 0 aromatic heterocycles. The van der Waals surface area contributed by atoms with E-state index in [2.05, 4.69) is 10.1 Å². The summed E-state index contributed by atoms with van der Waals surface area (Å²) < 4.78 is 30.5. The Morgan fingerprint density at radius 2 is 2.17 bits per heavy atom. The lowest BCUT2D eigenvalue weighted by molar-refractivity contribution is -0.139. The first kappa shape index (κ1) is 13.8. The molecule has 0 spiro atoms. The lowest BCUT2D eigenvalue weighted by Crippen LogP contribution is -2.43. The third-order valence-electron chi connectivity index (χ3n) is 3.91. The molecule has 3 atom stereocenters. The van der Waals surface area contributed by atoms with Crippen molar-refractivity contribution in [3.05, 3.63) is 0 Å². The molecule has 0 saturated carbocycles. The fourth-order valence-electron chi connectivity index (χ4n) is 2.73. The predicted molar refractivity (Wildman–Crippen MR) is 66.5 cm³/mol. The Labute approximate surface area is 108 Å². The molecule has 2 rings (SSSR count). The third kappa shape index (κ3) is 2.39. The molecular formula is C11H20N2O4S. The Morgan fingerprint density at radius 3 is 2.78 bits per heavy atom. The zero-order valence-corrected chi connectivity index (χ0v) is 11.6. The van der Waals surface area contributed by atoms with Gasteiger partial charge in [0, 0.05) is 19.1 Å². The number of hydrogen-bond acceptors (Lipinski definition) is 5. The highest BCUT2D eigenvalue weighted by Gasteiger charge is 2.43. The topological polar surface area (TPSA) is 75.7 Å². The van der Waals surface area contributed by atoms with E-state index >= 15 is 0 Å². The molecule has 0 amide bonds. The summed E-state index contributed by atoms with van der Waals surface area (Å²) in [5.41, 5.74) is 0. The summed E-state index contributed by atoms with van der Waals surface area (Å²) in [6.45, 7) is 3.31. The Morgan fingerprint density at radius 1 is 1.44 bits per heavy atom. The smallest absolute Gasteiger partial charge is 0.325 e. The van der Waals surface area contributed by atoms with Crippen LogP contribution in [-0.2, 0) is 19.6 Å². The molecule has 0 radical (unpaired) electrons. The van der Waals surface area contributed by atoms with Crippen molar-refractivity contribution in [3.63, 3.8) is 0 Å². The van der Waals surface area contributed by atoms with Gasteiger partial charge in [0.05, 0.1) is 7.11 Å². The summed E-state index contributed by atoms with van der Waals surface area (Å²) in [7, 11) is -2.38. The number of esters is 1. The second-order valence-corrected chi connectivity index (χ2v) is 7.24. The minimum atomic E-state index is -3.59. The Hall–Kier alpha value is -0.660. The fraction of sp³-hybridized carbons (Fsp3) is 0.909. The van der Waals surface area contributed by atoms with E-state index in [9.17, 15) is 13.2 Å². The molecular weight excluding hydrogens is 256 g/mol. The van der Waals surface area contributed by atoms with Crippen LogP contribution in [0.5, 0.6) is 0 Å². The van der Waals surface area contributed by atoms with Crippen molar-refractivity contribution in [1.29, 1.82) is 0 Å². The standard InChI is InChI=1S/C11H20N2O4S/c1-8(11(14)17-2)18(15,16)13-6-9-4-3-5-12-10(9)7-13/h8-10,12H,3-7H2,1-2H3/t8?,9-,10+/m0/s1. The number of rotatable bonds is 3. The summed E-state index contributed by atoms with van der Waals surface area (Å²) in [4.78, 5) is 11.4. The number of hydrogen-bond donors (Lipinski definition) is 1. The van der Waals surface area contributed by atoms with Gasteiger partial charge >= 0.3 is 5.97 Å². The maximum absolute atomic E-state index is 12.3. The maximum Gasteiger partial charge on any atom is 0.325 e.